The summed E-state index contributed by atoms with van der Waals surface area (Å²) in [6.45, 7) is 5.96. The molecular formula is C18H17NO3S2. The number of hydrogen-bond acceptors (Lipinski definition) is 6. The molecule has 0 aliphatic heterocycles. The molecule has 0 spiro atoms. The molecule has 124 valence electrons. The first-order valence-corrected chi connectivity index (χ1v) is 9.17. The van der Waals surface area contributed by atoms with Crippen LogP contribution in [0.3, 0.4) is 0 Å². The Morgan fingerprint density at radius 2 is 2.04 bits per heavy atom. The Morgan fingerprint density at radius 3 is 2.75 bits per heavy atom. The molecule has 2 heterocycles. The fraction of sp³-hybridized carbons (Fsp3) is 0.222. The van der Waals surface area contributed by atoms with Crippen LogP contribution < -0.4 is 0 Å². The molecule has 1 N–H and O–H groups in total. The van der Waals surface area contributed by atoms with Crippen molar-refractivity contribution in [3.63, 3.8) is 0 Å². The van der Waals surface area contributed by atoms with Crippen LogP contribution in [-0.4, -0.2) is 23.9 Å². The second kappa shape index (κ2) is 6.75. The predicted octanol–water partition coefficient (Wildman–Crippen LogP) is 5.21. The van der Waals surface area contributed by atoms with Crippen LogP contribution in [0.4, 0.5) is 5.00 Å². The number of fused-ring (bicyclic) bond motifs is 1. The van der Waals surface area contributed by atoms with E-state index in [9.17, 15) is 9.90 Å². The maximum absolute atomic E-state index is 12.2. The number of aromatic hydroxyl groups is 1. The molecule has 0 atom stereocenters. The van der Waals surface area contributed by atoms with Crippen LogP contribution in [0.25, 0.3) is 10.1 Å². The van der Waals surface area contributed by atoms with Gasteiger partial charge in [-0.05, 0) is 38.5 Å². The Bertz CT molecular complexity index is 937. The van der Waals surface area contributed by atoms with Gasteiger partial charge in [0, 0.05) is 21.2 Å². The average molecular weight is 359 g/mol. The molecule has 0 radical (unpaired) electrons. The van der Waals surface area contributed by atoms with Crippen LogP contribution in [0.15, 0.2) is 29.3 Å². The lowest BCUT2D eigenvalue weighted by molar-refractivity contribution is 0.0527. The lowest BCUT2D eigenvalue weighted by Gasteiger charge is -2.02. The van der Waals surface area contributed by atoms with Crippen molar-refractivity contribution < 1.29 is 14.6 Å². The maximum atomic E-state index is 12.2. The lowest BCUT2D eigenvalue weighted by Crippen LogP contribution is -2.05. The summed E-state index contributed by atoms with van der Waals surface area (Å²) in [7, 11) is 0. The Hall–Kier alpha value is -2.18. The molecule has 3 aromatic rings. The van der Waals surface area contributed by atoms with Crippen LogP contribution in [0, 0.1) is 13.8 Å². The number of carbonyl (C=O) groups is 1. The van der Waals surface area contributed by atoms with Gasteiger partial charge in [-0.3, -0.25) is 0 Å². The third kappa shape index (κ3) is 2.95. The topological polar surface area (TPSA) is 58.9 Å². The fourth-order valence-corrected chi connectivity index (χ4v) is 4.36. The number of carbonyl (C=O) groups excluding carboxylic acids is 1. The second-order valence-electron chi connectivity index (χ2n) is 5.25. The van der Waals surface area contributed by atoms with E-state index >= 15 is 0 Å². The number of aliphatic imine (C=N–C) groups is 1. The molecular weight excluding hydrogens is 342 g/mol. The van der Waals surface area contributed by atoms with Crippen LogP contribution in [0.5, 0.6) is 5.75 Å². The van der Waals surface area contributed by atoms with E-state index < -0.39 is 0 Å². The molecule has 6 heteroatoms. The van der Waals surface area contributed by atoms with E-state index in [1.807, 2.05) is 38.1 Å². The zero-order chi connectivity index (χ0) is 17.3. The van der Waals surface area contributed by atoms with E-state index in [2.05, 4.69) is 4.99 Å². The number of hydrogen-bond donors (Lipinski definition) is 1. The van der Waals surface area contributed by atoms with Gasteiger partial charge in [-0.2, -0.15) is 0 Å². The van der Waals surface area contributed by atoms with Crippen LogP contribution in [0.2, 0.25) is 0 Å². The van der Waals surface area contributed by atoms with E-state index in [1.165, 1.54) is 22.7 Å². The highest BCUT2D eigenvalue weighted by atomic mass is 32.1. The molecule has 0 amide bonds. The van der Waals surface area contributed by atoms with Gasteiger partial charge < -0.3 is 9.84 Å². The third-order valence-electron chi connectivity index (χ3n) is 3.74. The minimum absolute atomic E-state index is 0.224. The summed E-state index contributed by atoms with van der Waals surface area (Å²) >= 11 is 2.92. The normalized spacial score (nSPS) is 11.5. The number of aryl methyl sites for hydroxylation is 1. The molecule has 0 aliphatic carbocycles. The minimum Gasteiger partial charge on any atom is -0.506 e. The summed E-state index contributed by atoms with van der Waals surface area (Å²) in [6, 6.07) is 7.66. The molecule has 0 unspecified atom stereocenters. The Kier molecular flexibility index (Phi) is 4.69. The van der Waals surface area contributed by atoms with Crippen molar-refractivity contribution in [1.29, 1.82) is 0 Å². The molecule has 4 nitrogen and oxygen atoms in total. The first-order valence-electron chi connectivity index (χ1n) is 7.54. The van der Waals surface area contributed by atoms with Gasteiger partial charge in [0.25, 0.3) is 0 Å². The van der Waals surface area contributed by atoms with Crippen molar-refractivity contribution in [2.75, 3.05) is 6.61 Å². The van der Waals surface area contributed by atoms with Gasteiger partial charge in [0.15, 0.2) is 0 Å². The van der Waals surface area contributed by atoms with Gasteiger partial charge in [-0.1, -0.05) is 12.1 Å². The van der Waals surface area contributed by atoms with E-state index in [-0.39, 0.29) is 11.7 Å². The molecule has 0 bridgehead atoms. The van der Waals surface area contributed by atoms with E-state index in [4.69, 9.17) is 4.74 Å². The molecule has 2 aromatic heterocycles. The zero-order valence-electron chi connectivity index (χ0n) is 13.6. The van der Waals surface area contributed by atoms with Crippen LogP contribution >= 0.6 is 22.7 Å². The van der Waals surface area contributed by atoms with Gasteiger partial charge in [-0.25, -0.2) is 9.79 Å². The quantitative estimate of drug-likeness (QED) is 0.514. The van der Waals surface area contributed by atoms with E-state index in [1.54, 1.807) is 13.1 Å². The SMILES string of the molecule is CCOC(=O)c1c(/N=C/c2sc3ccccc3c2O)sc(C)c1C. The van der Waals surface area contributed by atoms with Gasteiger partial charge in [0.2, 0.25) is 0 Å². The Balaban J connectivity index is 2.01. The van der Waals surface area contributed by atoms with Crippen molar-refractivity contribution in [3.05, 3.63) is 45.1 Å². The highest BCUT2D eigenvalue weighted by Gasteiger charge is 2.20. The number of benzene rings is 1. The summed E-state index contributed by atoms with van der Waals surface area (Å²) in [5.41, 5.74) is 1.40. The number of esters is 1. The molecule has 0 aliphatic rings. The van der Waals surface area contributed by atoms with Gasteiger partial charge in [-0.15, -0.1) is 22.7 Å². The summed E-state index contributed by atoms with van der Waals surface area (Å²) in [4.78, 5) is 18.4. The fourth-order valence-electron chi connectivity index (χ4n) is 2.40. The number of nitrogens with zero attached hydrogens (tertiary/aromatic N) is 1. The standard InChI is InChI=1S/C18H17NO3S2/c1-4-22-18(21)15-10(2)11(3)23-17(15)19-9-14-16(20)12-7-5-6-8-13(12)24-14/h5-9,20H,4H2,1-3H3/b19-9+. The summed E-state index contributed by atoms with van der Waals surface area (Å²) in [6.07, 6.45) is 1.62. The zero-order valence-corrected chi connectivity index (χ0v) is 15.3. The first-order chi connectivity index (χ1) is 11.5. The Morgan fingerprint density at radius 1 is 1.29 bits per heavy atom. The average Bonchev–Trinajstić information content (AvgIpc) is 3.03. The van der Waals surface area contributed by atoms with E-state index in [0.29, 0.717) is 22.0 Å². The number of thiophene rings is 2. The summed E-state index contributed by atoms with van der Waals surface area (Å²) in [5, 5.41) is 11.7. The van der Waals surface area contributed by atoms with Gasteiger partial charge >= 0.3 is 5.97 Å². The monoisotopic (exact) mass is 359 g/mol. The predicted molar refractivity (Wildman–Crippen MR) is 100 cm³/mol. The highest BCUT2D eigenvalue weighted by molar-refractivity contribution is 7.21. The molecule has 3 rings (SSSR count). The van der Waals surface area contributed by atoms with Crippen LogP contribution in [-0.2, 0) is 4.74 Å². The summed E-state index contributed by atoms with van der Waals surface area (Å²) < 4.78 is 6.13. The minimum atomic E-state index is -0.355. The van der Waals surface area contributed by atoms with Crippen molar-refractivity contribution in [3.8, 4) is 5.75 Å². The maximum Gasteiger partial charge on any atom is 0.341 e. The molecule has 0 saturated carbocycles. The molecule has 24 heavy (non-hydrogen) atoms. The Labute approximate surface area is 148 Å². The molecule has 0 fully saturated rings. The first kappa shape index (κ1) is 16.7. The molecule has 0 saturated heterocycles. The smallest absolute Gasteiger partial charge is 0.341 e. The van der Waals surface area contributed by atoms with Gasteiger partial charge in [0.1, 0.15) is 10.8 Å². The highest BCUT2D eigenvalue weighted by Crippen LogP contribution is 2.38. The second-order valence-corrected chi connectivity index (χ2v) is 7.54. The molecule has 1 aromatic carbocycles. The van der Waals surface area contributed by atoms with Gasteiger partial charge in [0.05, 0.1) is 17.0 Å². The number of ether oxygens (including phenoxy) is 1. The summed E-state index contributed by atoms with van der Waals surface area (Å²) in [5.74, 6) is -0.130. The van der Waals surface area contributed by atoms with Crippen molar-refractivity contribution in [1.82, 2.24) is 0 Å². The van der Waals surface area contributed by atoms with Crippen molar-refractivity contribution in [2.24, 2.45) is 4.99 Å². The van der Waals surface area contributed by atoms with Crippen LogP contribution in [0.1, 0.15) is 32.6 Å². The number of rotatable bonds is 4. The van der Waals surface area contributed by atoms with E-state index in [0.717, 1.165) is 20.5 Å². The third-order valence-corrected chi connectivity index (χ3v) is 5.95. The lowest BCUT2D eigenvalue weighted by atomic mass is 10.1. The van der Waals surface area contributed by atoms with Crippen molar-refractivity contribution >= 4 is 49.9 Å². The largest absolute Gasteiger partial charge is 0.506 e. The van der Waals surface area contributed by atoms with Crippen molar-refractivity contribution in [2.45, 2.75) is 20.8 Å².